The van der Waals surface area contributed by atoms with Gasteiger partial charge in [0.15, 0.2) is 0 Å². The highest BCUT2D eigenvalue weighted by Gasteiger charge is 2.69. The van der Waals surface area contributed by atoms with E-state index in [1.165, 1.54) is 41.7 Å². The maximum atomic E-state index is 14.8. The highest BCUT2D eigenvalue weighted by atomic mass is 35.5. The number of aliphatic hydroxyl groups is 2. The number of aliphatic hydroxyl groups excluding tert-OH is 2. The molecular formula is C24H23Cl2F3N2O4S2. The van der Waals surface area contributed by atoms with Crippen LogP contribution in [-0.2, 0) is 16.0 Å². The largest absolute Gasteiger partial charge is 0.423 e. The van der Waals surface area contributed by atoms with Crippen molar-refractivity contribution >= 4 is 52.6 Å². The van der Waals surface area contributed by atoms with Crippen LogP contribution in [0.25, 0.3) is 0 Å². The lowest BCUT2D eigenvalue weighted by atomic mass is 9.70. The first-order chi connectivity index (χ1) is 17.4. The summed E-state index contributed by atoms with van der Waals surface area (Å²) in [5.74, 6) is 0.0204. The second kappa shape index (κ2) is 9.78. The fourth-order valence-electron chi connectivity index (χ4n) is 4.99. The Balaban J connectivity index is 1.55. The first-order valence-corrected chi connectivity index (χ1v) is 14.2. The number of nitrogens with one attached hydrogen (secondary N) is 2. The molecule has 0 bridgehead atoms. The van der Waals surface area contributed by atoms with Crippen molar-refractivity contribution in [2.24, 2.45) is 5.92 Å². The van der Waals surface area contributed by atoms with Crippen molar-refractivity contribution in [1.29, 1.82) is 0 Å². The summed E-state index contributed by atoms with van der Waals surface area (Å²) in [4.78, 5) is 18.2. The number of hydrogen-bond acceptors (Lipinski definition) is 7. The molecule has 2 aromatic carbocycles. The molecule has 13 heteroatoms. The number of thioether (sulfide) groups is 2. The number of alkyl halides is 3. The number of halogens is 5. The lowest BCUT2D eigenvalue weighted by molar-refractivity contribution is -0.282. The number of carbonyl (C=O) groups is 1. The van der Waals surface area contributed by atoms with E-state index in [0.29, 0.717) is 28.2 Å². The van der Waals surface area contributed by atoms with Crippen molar-refractivity contribution in [3.05, 3.63) is 68.7 Å². The van der Waals surface area contributed by atoms with Crippen LogP contribution in [0.2, 0.25) is 10.0 Å². The number of amides is 1. The van der Waals surface area contributed by atoms with E-state index in [1.54, 1.807) is 25.1 Å². The Morgan fingerprint density at radius 1 is 1.08 bits per heavy atom. The van der Waals surface area contributed by atoms with Crippen LogP contribution >= 0.6 is 46.7 Å². The molecule has 2 aromatic rings. The molecule has 0 radical (unpaired) electrons. The van der Waals surface area contributed by atoms with Gasteiger partial charge in [0.05, 0.1) is 11.6 Å². The molecule has 3 heterocycles. The van der Waals surface area contributed by atoms with Crippen LogP contribution in [0, 0.1) is 12.8 Å². The Morgan fingerprint density at radius 3 is 2.24 bits per heavy atom. The van der Waals surface area contributed by atoms with E-state index >= 15 is 0 Å². The first-order valence-electron chi connectivity index (χ1n) is 11.4. The van der Waals surface area contributed by atoms with E-state index in [4.69, 9.17) is 28.0 Å². The predicted molar refractivity (Wildman–Crippen MR) is 138 cm³/mol. The zero-order chi connectivity index (χ0) is 26.8. The molecule has 6 atom stereocenters. The van der Waals surface area contributed by atoms with Gasteiger partial charge >= 0.3 is 6.18 Å². The summed E-state index contributed by atoms with van der Waals surface area (Å²) in [6.07, 6.45) is -5.44. The van der Waals surface area contributed by atoms with Gasteiger partial charge in [-0.05, 0) is 47.9 Å². The van der Waals surface area contributed by atoms with Crippen LogP contribution in [0.15, 0.2) is 36.4 Å². The fourth-order valence-corrected chi connectivity index (χ4v) is 7.30. The zero-order valence-corrected chi connectivity index (χ0v) is 22.5. The third kappa shape index (κ3) is 4.65. The van der Waals surface area contributed by atoms with E-state index in [1.807, 2.05) is 0 Å². The van der Waals surface area contributed by atoms with Crippen LogP contribution in [0.4, 0.5) is 13.2 Å². The molecule has 1 amide bonds. The highest BCUT2D eigenvalue weighted by Crippen LogP contribution is 2.59. The van der Waals surface area contributed by atoms with Crippen LogP contribution in [0.3, 0.4) is 0 Å². The van der Waals surface area contributed by atoms with Crippen molar-refractivity contribution < 1.29 is 33.0 Å². The molecule has 3 aliphatic heterocycles. The van der Waals surface area contributed by atoms with E-state index in [0.717, 1.165) is 0 Å². The summed E-state index contributed by atoms with van der Waals surface area (Å²) in [7, 11) is 0. The molecule has 200 valence electrons. The SMILES string of the molecule is Cc1cc(C2(C3CSC3O)CC(c3cc(Cl)cc(Cl)c3)(C(F)(F)F)ON2)ccc1C(=O)NC1CSC1O. The topological polar surface area (TPSA) is 90.8 Å². The van der Waals surface area contributed by atoms with E-state index < -0.39 is 40.5 Å². The number of carbonyl (C=O) groups excluding carboxylic acids is 1. The molecule has 0 spiro atoms. The molecule has 3 fully saturated rings. The second-order valence-corrected chi connectivity index (χ2v) is 12.7. The van der Waals surface area contributed by atoms with E-state index in [9.17, 15) is 28.2 Å². The Morgan fingerprint density at radius 2 is 1.76 bits per heavy atom. The normalized spacial score (nSPS) is 33.5. The molecule has 3 saturated heterocycles. The smallest absolute Gasteiger partial charge is 0.382 e. The number of aryl methyl sites for hydroxylation is 1. The Bertz CT molecular complexity index is 1220. The quantitative estimate of drug-likeness (QED) is 0.398. The molecular weight excluding hydrogens is 572 g/mol. The minimum atomic E-state index is -4.85. The molecule has 37 heavy (non-hydrogen) atoms. The molecule has 6 unspecified atom stereocenters. The summed E-state index contributed by atoms with van der Waals surface area (Å²) in [6.45, 7) is 1.69. The van der Waals surface area contributed by atoms with Crippen molar-refractivity contribution in [2.75, 3.05) is 11.5 Å². The second-order valence-electron chi connectivity index (χ2n) is 9.50. The fraction of sp³-hybridized carbons (Fsp3) is 0.458. The van der Waals surface area contributed by atoms with Gasteiger partial charge < -0.3 is 15.5 Å². The van der Waals surface area contributed by atoms with Crippen molar-refractivity contribution in [3.8, 4) is 0 Å². The Hall–Kier alpha value is -1.18. The van der Waals surface area contributed by atoms with Gasteiger partial charge in [-0.1, -0.05) is 35.3 Å². The molecule has 0 aromatic heterocycles. The number of hydrogen-bond donors (Lipinski definition) is 4. The maximum Gasteiger partial charge on any atom is 0.423 e. The van der Waals surface area contributed by atoms with E-state index in [2.05, 4.69) is 10.8 Å². The van der Waals surface area contributed by atoms with Crippen LogP contribution < -0.4 is 10.8 Å². The van der Waals surface area contributed by atoms with Crippen molar-refractivity contribution in [2.45, 2.75) is 47.6 Å². The lowest BCUT2D eigenvalue weighted by Crippen LogP contribution is -2.54. The van der Waals surface area contributed by atoms with Gasteiger partial charge in [0.1, 0.15) is 10.9 Å². The maximum absolute atomic E-state index is 14.8. The molecule has 0 aliphatic carbocycles. The monoisotopic (exact) mass is 594 g/mol. The van der Waals surface area contributed by atoms with Gasteiger partial charge in [0.25, 0.3) is 5.91 Å². The van der Waals surface area contributed by atoms with Gasteiger partial charge in [-0.3, -0.25) is 9.63 Å². The van der Waals surface area contributed by atoms with E-state index in [-0.39, 0.29) is 27.6 Å². The third-order valence-electron chi connectivity index (χ3n) is 7.24. The summed E-state index contributed by atoms with van der Waals surface area (Å²) in [6, 6.07) is 8.11. The first kappa shape index (κ1) is 27.4. The van der Waals surface area contributed by atoms with Gasteiger partial charge in [-0.15, -0.1) is 23.5 Å². The summed E-state index contributed by atoms with van der Waals surface area (Å²) < 4.78 is 44.3. The lowest BCUT2D eigenvalue weighted by Gasteiger charge is -2.45. The Labute approximate surface area is 229 Å². The van der Waals surface area contributed by atoms with Crippen molar-refractivity contribution in [3.63, 3.8) is 0 Å². The minimum absolute atomic E-state index is 0.0349. The number of hydroxylamine groups is 1. The van der Waals surface area contributed by atoms with Crippen molar-refractivity contribution in [1.82, 2.24) is 10.8 Å². The average Bonchev–Trinajstić information content (AvgIpc) is 3.22. The van der Waals surface area contributed by atoms with Crippen LogP contribution in [0.1, 0.15) is 33.5 Å². The van der Waals surface area contributed by atoms with Gasteiger partial charge in [-0.25, -0.2) is 0 Å². The van der Waals surface area contributed by atoms with Gasteiger partial charge in [0, 0.05) is 39.5 Å². The standard InChI is InChI=1S/C24H23Cl2F3N2O4S2/c1-11-4-12(2-3-16(11)19(32)30-18-9-37-21(18)34)22(17-8-36-20(17)33)10-23(35-31-22,24(27,28)29)13-5-14(25)7-15(26)6-13/h2-7,17-18,20-21,31,33-34H,8-10H2,1H3,(H,30,32). The highest BCUT2D eigenvalue weighted by molar-refractivity contribution is 8.01. The molecule has 6 nitrogen and oxygen atoms in total. The summed E-state index contributed by atoms with van der Waals surface area (Å²) in [5, 5.41) is 23.1. The minimum Gasteiger partial charge on any atom is -0.382 e. The van der Waals surface area contributed by atoms with Crippen LogP contribution in [0.5, 0.6) is 0 Å². The van der Waals surface area contributed by atoms with Gasteiger partial charge in [0.2, 0.25) is 5.60 Å². The zero-order valence-electron chi connectivity index (χ0n) is 19.3. The molecule has 4 N–H and O–H groups in total. The summed E-state index contributed by atoms with van der Waals surface area (Å²) >= 11 is 14.7. The summed E-state index contributed by atoms with van der Waals surface area (Å²) in [5.41, 5.74) is -2.04. The Kier molecular flexibility index (Phi) is 7.24. The average molecular weight is 595 g/mol. The number of rotatable bonds is 5. The molecule has 3 aliphatic rings. The third-order valence-corrected chi connectivity index (χ3v) is 10.1. The molecule has 0 saturated carbocycles. The predicted octanol–water partition coefficient (Wildman–Crippen LogP) is 4.72. The van der Waals surface area contributed by atoms with Crippen LogP contribution in [-0.4, -0.2) is 50.7 Å². The molecule has 5 rings (SSSR count). The number of benzene rings is 2. The van der Waals surface area contributed by atoms with Gasteiger partial charge in [-0.2, -0.15) is 18.7 Å².